The normalized spacial score (nSPS) is 11.1. The maximum atomic E-state index is 12.9. The van der Waals surface area contributed by atoms with E-state index in [2.05, 4.69) is 46.6 Å². The van der Waals surface area contributed by atoms with Gasteiger partial charge in [-0.15, -0.1) is 11.3 Å². The number of ether oxygens (including phenoxy) is 1. The number of benzene rings is 1. The highest BCUT2D eigenvalue weighted by Gasteiger charge is 2.18. The van der Waals surface area contributed by atoms with Crippen LogP contribution in [0.25, 0.3) is 15.9 Å². The zero-order valence-corrected chi connectivity index (χ0v) is 17.1. The average molecular weight is 391 g/mol. The zero-order chi connectivity index (χ0) is 19.8. The fraction of sp³-hybridized carbons (Fsp3) is 0.227. The van der Waals surface area contributed by atoms with Crippen LogP contribution < -0.4 is 4.74 Å². The van der Waals surface area contributed by atoms with E-state index in [4.69, 9.17) is 4.74 Å². The molecular formula is C22H21N3O2S. The summed E-state index contributed by atoms with van der Waals surface area (Å²) in [4.78, 5) is 22.1. The number of thiophene rings is 1. The molecule has 4 aromatic rings. The van der Waals surface area contributed by atoms with Crippen LogP contribution in [0, 0.1) is 27.7 Å². The van der Waals surface area contributed by atoms with Crippen LogP contribution in [-0.4, -0.2) is 26.9 Å². The van der Waals surface area contributed by atoms with Crippen molar-refractivity contribution in [2.45, 2.75) is 27.7 Å². The third-order valence-electron chi connectivity index (χ3n) is 5.05. The van der Waals surface area contributed by atoms with Gasteiger partial charge in [-0.05, 0) is 68.5 Å². The number of aromatic nitrogens is 3. The Bertz CT molecular complexity index is 1190. The lowest BCUT2D eigenvalue weighted by atomic mass is 10.1. The fourth-order valence-electron chi connectivity index (χ4n) is 3.40. The third-order valence-corrected chi connectivity index (χ3v) is 5.87. The first-order chi connectivity index (χ1) is 13.5. The highest BCUT2D eigenvalue weighted by molar-refractivity contribution is 7.16. The number of carbonyl (C=O) groups is 1. The molecule has 142 valence electrons. The van der Waals surface area contributed by atoms with Gasteiger partial charge in [0.2, 0.25) is 11.7 Å². The fourth-order valence-corrected chi connectivity index (χ4v) is 4.12. The highest BCUT2D eigenvalue weighted by Crippen LogP contribution is 2.26. The predicted octanol–water partition coefficient (Wildman–Crippen LogP) is 4.98. The molecule has 3 heterocycles. The summed E-state index contributed by atoms with van der Waals surface area (Å²) < 4.78 is 7.85. The van der Waals surface area contributed by atoms with E-state index in [1.807, 2.05) is 31.4 Å². The molecule has 6 heteroatoms. The van der Waals surface area contributed by atoms with E-state index in [9.17, 15) is 4.79 Å². The van der Waals surface area contributed by atoms with Crippen LogP contribution in [-0.2, 0) is 0 Å². The van der Waals surface area contributed by atoms with E-state index in [-0.39, 0.29) is 12.4 Å². The van der Waals surface area contributed by atoms with Gasteiger partial charge >= 0.3 is 0 Å². The van der Waals surface area contributed by atoms with Gasteiger partial charge in [0.05, 0.1) is 5.39 Å². The van der Waals surface area contributed by atoms with Crippen LogP contribution in [0.2, 0.25) is 0 Å². The first-order valence-corrected chi connectivity index (χ1v) is 9.94. The maximum absolute atomic E-state index is 12.9. The number of hydrogen-bond donors (Lipinski definition) is 0. The molecule has 4 rings (SSSR count). The molecular weight excluding hydrogens is 370 g/mol. The minimum atomic E-state index is -0.0647. The number of aryl methyl sites for hydroxylation is 3. The molecule has 0 saturated carbocycles. The molecule has 0 aliphatic carbocycles. The maximum Gasteiger partial charge on any atom is 0.225 e. The standard InChI is InChI=1S/C22H21N3O2S/c1-13-5-6-17(9-14(13)2)25-15(3)10-19(16(25)4)20(26)11-27-21-18-7-8-28-22(18)24-12-23-21/h5-10,12H,11H2,1-4H3. The van der Waals surface area contributed by atoms with Crippen molar-refractivity contribution in [1.82, 2.24) is 14.5 Å². The Kier molecular flexibility index (Phi) is 4.73. The summed E-state index contributed by atoms with van der Waals surface area (Å²) in [7, 11) is 0. The smallest absolute Gasteiger partial charge is 0.225 e. The molecule has 0 bridgehead atoms. The first-order valence-electron chi connectivity index (χ1n) is 9.06. The van der Waals surface area contributed by atoms with Crippen molar-refractivity contribution in [1.29, 1.82) is 0 Å². The van der Waals surface area contributed by atoms with Crippen molar-refractivity contribution in [2.24, 2.45) is 0 Å². The van der Waals surface area contributed by atoms with E-state index in [1.54, 1.807) is 0 Å². The van der Waals surface area contributed by atoms with E-state index < -0.39 is 0 Å². The summed E-state index contributed by atoms with van der Waals surface area (Å²) in [5.41, 5.74) is 6.15. The summed E-state index contributed by atoms with van der Waals surface area (Å²) in [6.07, 6.45) is 1.46. The zero-order valence-electron chi connectivity index (χ0n) is 16.3. The average Bonchev–Trinajstić information content (AvgIpc) is 3.27. The minimum absolute atomic E-state index is 0.0564. The number of Topliss-reactive ketones (excluding diaryl/α,β-unsaturated/α-hetero) is 1. The molecule has 0 aliphatic heterocycles. The Morgan fingerprint density at radius 2 is 1.89 bits per heavy atom. The van der Waals surface area contributed by atoms with E-state index in [0.29, 0.717) is 11.4 Å². The van der Waals surface area contributed by atoms with Crippen molar-refractivity contribution < 1.29 is 9.53 Å². The second kappa shape index (κ2) is 7.20. The van der Waals surface area contributed by atoms with Gasteiger partial charge in [-0.25, -0.2) is 9.97 Å². The van der Waals surface area contributed by atoms with Gasteiger partial charge in [0.25, 0.3) is 0 Å². The molecule has 0 radical (unpaired) electrons. The summed E-state index contributed by atoms with van der Waals surface area (Å²) in [5, 5.41) is 2.77. The number of ketones is 1. The molecule has 0 aliphatic rings. The van der Waals surface area contributed by atoms with Crippen LogP contribution in [0.3, 0.4) is 0 Å². The number of fused-ring (bicyclic) bond motifs is 1. The third kappa shape index (κ3) is 3.20. The lowest BCUT2D eigenvalue weighted by Gasteiger charge is -2.12. The minimum Gasteiger partial charge on any atom is -0.469 e. The predicted molar refractivity (Wildman–Crippen MR) is 112 cm³/mol. The Hall–Kier alpha value is -2.99. The van der Waals surface area contributed by atoms with Gasteiger partial charge in [0.1, 0.15) is 11.2 Å². The number of hydrogen-bond acceptors (Lipinski definition) is 5. The molecule has 0 N–H and O–H groups in total. The number of rotatable bonds is 5. The van der Waals surface area contributed by atoms with E-state index >= 15 is 0 Å². The Labute approximate surface area is 167 Å². The molecule has 1 aromatic carbocycles. The molecule has 5 nitrogen and oxygen atoms in total. The quantitative estimate of drug-likeness (QED) is 0.450. The summed E-state index contributed by atoms with van der Waals surface area (Å²) in [6, 6.07) is 10.2. The highest BCUT2D eigenvalue weighted by atomic mass is 32.1. The van der Waals surface area contributed by atoms with Crippen molar-refractivity contribution in [2.75, 3.05) is 6.61 Å². The molecule has 3 aromatic heterocycles. The van der Waals surface area contributed by atoms with Crippen LogP contribution in [0.15, 0.2) is 42.0 Å². The SMILES string of the molecule is Cc1ccc(-n2c(C)cc(C(=O)COc3ncnc4sccc34)c2C)cc1C. The van der Waals surface area contributed by atoms with Gasteiger partial charge in [-0.1, -0.05) is 6.07 Å². The molecule has 0 unspecified atom stereocenters. The van der Waals surface area contributed by atoms with E-state index in [0.717, 1.165) is 27.3 Å². The van der Waals surface area contributed by atoms with Gasteiger partial charge in [0.15, 0.2) is 6.61 Å². The Balaban J connectivity index is 1.60. The summed E-state index contributed by atoms with van der Waals surface area (Å²) in [6.45, 7) is 8.12. The van der Waals surface area contributed by atoms with Crippen LogP contribution in [0.4, 0.5) is 0 Å². The lowest BCUT2D eigenvalue weighted by Crippen LogP contribution is -2.13. The van der Waals surface area contributed by atoms with Crippen LogP contribution in [0.5, 0.6) is 5.88 Å². The van der Waals surface area contributed by atoms with Crippen molar-refractivity contribution in [3.8, 4) is 11.6 Å². The summed E-state index contributed by atoms with van der Waals surface area (Å²) >= 11 is 1.52. The second-order valence-electron chi connectivity index (χ2n) is 6.92. The van der Waals surface area contributed by atoms with Crippen molar-refractivity contribution in [3.05, 3.63) is 70.1 Å². The van der Waals surface area contributed by atoms with Crippen LogP contribution >= 0.6 is 11.3 Å². The van der Waals surface area contributed by atoms with E-state index in [1.165, 1.54) is 28.8 Å². The topological polar surface area (TPSA) is 57.0 Å². The van der Waals surface area contributed by atoms with Gasteiger partial charge in [-0.2, -0.15) is 0 Å². The van der Waals surface area contributed by atoms with Crippen LogP contribution in [0.1, 0.15) is 32.9 Å². The Morgan fingerprint density at radius 3 is 2.68 bits per heavy atom. The first kappa shape index (κ1) is 18.4. The Morgan fingerprint density at radius 1 is 1.07 bits per heavy atom. The van der Waals surface area contributed by atoms with Crippen molar-refractivity contribution >= 4 is 27.3 Å². The number of carbonyl (C=O) groups excluding carboxylic acids is 1. The van der Waals surface area contributed by atoms with Gasteiger partial charge in [0, 0.05) is 22.6 Å². The molecule has 0 spiro atoms. The van der Waals surface area contributed by atoms with Gasteiger partial charge < -0.3 is 9.30 Å². The number of nitrogens with zero attached hydrogens (tertiary/aromatic N) is 3. The summed E-state index contributed by atoms with van der Waals surface area (Å²) in [5.74, 6) is 0.382. The monoisotopic (exact) mass is 391 g/mol. The lowest BCUT2D eigenvalue weighted by molar-refractivity contribution is 0.0918. The van der Waals surface area contributed by atoms with Crippen molar-refractivity contribution in [3.63, 3.8) is 0 Å². The molecule has 28 heavy (non-hydrogen) atoms. The second-order valence-corrected chi connectivity index (χ2v) is 7.81. The molecule has 0 fully saturated rings. The molecule has 0 saturated heterocycles. The molecule has 0 amide bonds. The largest absolute Gasteiger partial charge is 0.469 e. The van der Waals surface area contributed by atoms with Gasteiger partial charge in [-0.3, -0.25) is 4.79 Å². The molecule has 0 atom stereocenters.